The second-order valence-electron chi connectivity index (χ2n) is 7.35. The summed E-state index contributed by atoms with van der Waals surface area (Å²) in [5.41, 5.74) is 2.97. The molecule has 1 heterocycles. The Kier molecular flexibility index (Phi) is 5.46. The second kappa shape index (κ2) is 8.33. The molecule has 0 N–H and O–H groups in total. The third-order valence-electron chi connectivity index (χ3n) is 5.36. The highest BCUT2D eigenvalue weighted by molar-refractivity contribution is 5.93. The van der Waals surface area contributed by atoms with E-state index in [9.17, 15) is 4.79 Å². The lowest BCUT2D eigenvalue weighted by Crippen LogP contribution is -2.43. The summed E-state index contributed by atoms with van der Waals surface area (Å²) < 4.78 is 0. The van der Waals surface area contributed by atoms with Crippen LogP contribution < -0.4 is 4.90 Å². The molecule has 1 fully saturated rings. The van der Waals surface area contributed by atoms with Gasteiger partial charge in [-0.1, -0.05) is 61.7 Å². The van der Waals surface area contributed by atoms with E-state index >= 15 is 0 Å². The number of carbonyl (C=O) groups is 1. The van der Waals surface area contributed by atoms with Gasteiger partial charge >= 0.3 is 0 Å². The average molecular weight is 375 g/mol. The number of aryl methyl sites for hydroxylation is 1. The topological polar surface area (TPSA) is 63.9 Å². The van der Waals surface area contributed by atoms with Gasteiger partial charge in [-0.3, -0.25) is 4.79 Å². The van der Waals surface area contributed by atoms with Crippen LogP contribution in [-0.2, 0) is 11.3 Å². The minimum atomic E-state index is 0.00633. The lowest BCUT2D eigenvalue weighted by atomic mass is 9.93. The van der Waals surface area contributed by atoms with Gasteiger partial charge in [-0.05, 0) is 42.7 Å². The fourth-order valence-corrected chi connectivity index (χ4v) is 3.93. The molecule has 1 aromatic heterocycles. The molecule has 144 valence electrons. The van der Waals surface area contributed by atoms with Crippen molar-refractivity contribution < 1.29 is 4.79 Å². The highest BCUT2D eigenvalue weighted by atomic mass is 16.2. The fourth-order valence-electron chi connectivity index (χ4n) is 3.93. The minimum absolute atomic E-state index is 0.00633. The number of benzene rings is 2. The van der Waals surface area contributed by atoms with E-state index in [1.54, 1.807) is 0 Å². The molecule has 0 atom stereocenters. The quantitative estimate of drug-likeness (QED) is 0.676. The lowest BCUT2D eigenvalue weighted by Gasteiger charge is -2.34. The van der Waals surface area contributed by atoms with Gasteiger partial charge in [0.1, 0.15) is 6.54 Å². The molecule has 6 nitrogen and oxygen atoms in total. The first-order valence-electron chi connectivity index (χ1n) is 9.93. The van der Waals surface area contributed by atoms with E-state index in [4.69, 9.17) is 0 Å². The van der Waals surface area contributed by atoms with Crippen molar-refractivity contribution in [3.05, 3.63) is 60.2 Å². The zero-order valence-corrected chi connectivity index (χ0v) is 16.2. The maximum absolute atomic E-state index is 13.2. The normalized spacial score (nSPS) is 14.8. The van der Waals surface area contributed by atoms with E-state index in [0.717, 1.165) is 29.7 Å². The molecule has 0 bridgehead atoms. The highest BCUT2D eigenvalue weighted by Crippen LogP contribution is 2.27. The average Bonchev–Trinajstić information content (AvgIpc) is 3.18. The summed E-state index contributed by atoms with van der Waals surface area (Å²) in [6, 6.07) is 18.1. The van der Waals surface area contributed by atoms with Crippen LogP contribution in [0, 0.1) is 6.92 Å². The predicted molar refractivity (Wildman–Crippen MR) is 109 cm³/mol. The molecule has 2 aromatic carbocycles. The first kappa shape index (κ1) is 18.3. The maximum atomic E-state index is 13.2. The smallest absolute Gasteiger partial charge is 0.250 e. The number of nitrogens with zero attached hydrogens (tertiary/aromatic N) is 5. The van der Waals surface area contributed by atoms with Gasteiger partial charge in [0.05, 0.1) is 0 Å². The van der Waals surface area contributed by atoms with Crippen molar-refractivity contribution in [3.8, 4) is 11.4 Å². The largest absolute Gasteiger partial charge is 0.308 e. The molecule has 4 rings (SSSR count). The van der Waals surface area contributed by atoms with Crippen LogP contribution >= 0.6 is 0 Å². The Labute approximate surface area is 165 Å². The minimum Gasteiger partial charge on any atom is -0.308 e. The molecule has 1 aliphatic rings. The van der Waals surface area contributed by atoms with Gasteiger partial charge in [-0.25, -0.2) is 0 Å². The number of hydrogen-bond donors (Lipinski definition) is 0. The van der Waals surface area contributed by atoms with Crippen molar-refractivity contribution in [1.29, 1.82) is 0 Å². The van der Waals surface area contributed by atoms with Gasteiger partial charge in [0.15, 0.2) is 0 Å². The summed E-state index contributed by atoms with van der Waals surface area (Å²) in [6.07, 6.45) is 5.66. The highest BCUT2D eigenvalue weighted by Gasteiger charge is 2.27. The van der Waals surface area contributed by atoms with E-state index < -0.39 is 0 Å². The SMILES string of the molecule is Cc1ccccc1-c1nnn(CC(=O)N(c2ccccc2)C2CCCCC2)n1. The van der Waals surface area contributed by atoms with Crippen molar-refractivity contribution in [3.63, 3.8) is 0 Å². The third-order valence-corrected chi connectivity index (χ3v) is 5.36. The fraction of sp³-hybridized carbons (Fsp3) is 0.364. The van der Waals surface area contributed by atoms with E-state index in [2.05, 4.69) is 15.4 Å². The van der Waals surface area contributed by atoms with Gasteiger partial charge in [0.2, 0.25) is 5.82 Å². The van der Waals surface area contributed by atoms with Crippen molar-refractivity contribution in [2.45, 2.75) is 51.6 Å². The van der Waals surface area contributed by atoms with Crippen molar-refractivity contribution >= 4 is 11.6 Å². The molecular weight excluding hydrogens is 350 g/mol. The Hall–Kier alpha value is -3.02. The molecule has 1 aliphatic carbocycles. The summed E-state index contributed by atoms with van der Waals surface area (Å²) in [6.45, 7) is 2.10. The van der Waals surface area contributed by atoms with Crippen LogP contribution in [0.15, 0.2) is 54.6 Å². The monoisotopic (exact) mass is 375 g/mol. The van der Waals surface area contributed by atoms with Gasteiger partial charge < -0.3 is 4.90 Å². The Morgan fingerprint density at radius 2 is 1.75 bits per heavy atom. The summed E-state index contributed by atoms with van der Waals surface area (Å²) in [5.74, 6) is 0.557. The zero-order valence-electron chi connectivity index (χ0n) is 16.2. The van der Waals surface area contributed by atoms with Crippen molar-refractivity contribution in [1.82, 2.24) is 20.2 Å². The maximum Gasteiger partial charge on any atom is 0.250 e. The third kappa shape index (κ3) is 3.96. The van der Waals surface area contributed by atoms with Gasteiger partial charge in [0, 0.05) is 17.3 Å². The molecule has 1 saturated carbocycles. The summed E-state index contributed by atoms with van der Waals surface area (Å²) in [7, 11) is 0. The number of carbonyl (C=O) groups excluding carboxylic acids is 1. The Morgan fingerprint density at radius 3 is 2.50 bits per heavy atom. The summed E-state index contributed by atoms with van der Waals surface area (Å²) >= 11 is 0. The van der Waals surface area contributed by atoms with Gasteiger partial charge in [0.25, 0.3) is 5.91 Å². The molecule has 0 spiro atoms. The van der Waals surface area contributed by atoms with Crippen LogP contribution in [0.2, 0.25) is 0 Å². The first-order chi connectivity index (χ1) is 13.7. The van der Waals surface area contributed by atoms with Crippen LogP contribution in [0.3, 0.4) is 0 Å². The van der Waals surface area contributed by atoms with Crippen molar-refractivity contribution in [2.24, 2.45) is 0 Å². The van der Waals surface area contributed by atoms with E-state index in [0.29, 0.717) is 5.82 Å². The number of aromatic nitrogens is 4. The van der Waals surface area contributed by atoms with Crippen molar-refractivity contribution in [2.75, 3.05) is 4.90 Å². The van der Waals surface area contributed by atoms with Crippen LogP contribution in [0.1, 0.15) is 37.7 Å². The molecule has 3 aromatic rings. The number of tetrazole rings is 1. The summed E-state index contributed by atoms with van der Waals surface area (Å²) in [4.78, 5) is 16.6. The van der Waals surface area contributed by atoms with Gasteiger partial charge in [-0.15, -0.1) is 10.2 Å². The molecule has 1 amide bonds. The van der Waals surface area contributed by atoms with E-state index in [1.807, 2.05) is 66.4 Å². The first-order valence-corrected chi connectivity index (χ1v) is 9.93. The molecular formula is C22H25N5O. The molecule has 0 unspecified atom stereocenters. The van der Waals surface area contributed by atoms with Crippen LogP contribution in [0.25, 0.3) is 11.4 Å². The number of amides is 1. The van der Waals surface area contributed by atoms with Crippen LogP contribution in [0.5, 0.6) is 0 Å². The van der Waals surface area contributed by atoms with E-state index in [-0.39, 0.29) is 18.5 Å². The van der Waals surface area contributed by atoms with E-state index in [1.165, 1.54) is 24.1 Å². The lowest BCUT2D eigenvalue weighted by molar-refractivity contribution is -0.120. The molecule has 0 radical (unpaired) electrons. The Bertz CT molecular complexity index is 931. The zero-order chi connectivity index (χ0) is 19.3. The van der Waals surface area contributed by atoms with Crippen LogP contribution in [0.4, 0.5) is 5.69 Å². The number of anilines is 1. The Balaban J connectivity index is 1.56. The standard InChI is InChI=1S/C22H25N5O/c1-17-10-8-9-15-20(17)22-23-25-26(24-22)16-21(28)27(18-11-4-2-5-12-18)19-13-6-3-7-14-19/h2,4-5,8-12,15,19H,3,6-7,13-14,16H2,1H3. The number of hydrogen-bond acceptors (Lipinski definition) is 4. The molecule has 0 aliphatic heterocycles. The predicted octanol–water partition coefficient (Wildman–Crippen LogP) is 4.01. The molecule has 28 heavy (non-hydrogen) atoms. The Morgan fingerprint density at radius 1 is 1.04 bits per heavy atom. The number of rotatable bonds is 5. The van der Waals surface area contributed by atoms with Gasteiger partial charge in [-0.2, -0.15) is 4.80 Å². The molecule has 0 saturated heterocycles. The van der Waals surface area contributed by atoms with Crippen LogP contribution in [-0.4, -0.2) is 32.2 Å². The number of para-hydroxylation sites is 1. The summed E-state index contributed by atoms with van der Waals surface area (Å²) in [5, 5.41) is 12.7. The second-order valence-corrected chi connectivity index (χ2v) is 7.35. The molecule has 6 heteroatoms.